The molecule has 0 aromatic heterocycles. The normalized spacial score (nSPS) is 16.2. The zero-order chi connectivity index (χ0) is 12.7. The van der Waals surface area contributed by atoms with E-state index < -0.39 is 12.0 Å². The maximum absolute atomic E-state index is 11.5. The van der Waals surface area contributed by atoms with Gasteiger partial charge >= 0.3 is 5.97 Å². The number of carboxylic acid groups (broad SMARTS) is 1. The third-order valence-electron chi connectivity index (χ3n) is 2.77. The van der Waals surface area contributed by atoms with E-state index in [1.807, 2.05) is 13.8 Å². The number of amides is 1. The average molecular weight is 230 g/mol. The number of aliphatic carboxylic acids is 1. The van der Waals surface area contributed by atoms with Gasteiger partial charge in [0.05, 0.1) is 0 Å². The summed E-state index contributed by atoms with van der Waals surface area (Å²) in [5, 5.41) is 11.5. The molecule has 94 valence electrons. The fraction of sp³-hybridized carbons (Fsp3) is 0.818. The first-order valence-corrected chi connectivity index (χ1v) is 5.70. The van der Waals surface area contributed by atoms with Crippen LogP contribution in [0.4, 0.5) is 0 Å². The number of carbonyl (C=O) groups excluding carboxylic acids is 1. The summed E-state index contributed by atoms with van der Waals surface area (Å²) < 4.78 is 0. The summed E-state index contributed by atoms with van der Waals surface area (Å²) in [7, 11) is 0. The highest BCUT2D eigenvalue weighted by Gasteiger charge is 2.25. The molecule has 4 N–H and O–H groups in total. The van der Waals surface area contributed by atoms with E-state index in [2.05, 4.69) is 5.32 Å². The third-order valence-corrected chi connectivity index (χ3v) is 2.77. The van der Waals surface area contributed by atoms with Crippen LogP contribution in [0.1, 0.15) is 40.0 Å². The van der Waals surface area contributed by atoms with Gasteiger partial charge in [0, 0.05) is 12.5 Å². The molecule has 0 saturated heterocycles. The number of carboxylic acids is 1. The van der Waals surface area contributed by atoms with E-state index in [1.165, 1.54) is 0 Å². The highest BCUT2D eigenvalue weighted by Crippen LogP contribution is 2.08. The second kappa shape index (κ2) is 7.22. The van der Waals surface area contributed by atoms with Crippen molar-refractivity contribution in [1.29, 1.82) is 0 Å². The van der Waals surface area contributed by atoms with Gasteiger partial charge in [-0.3, -0.25) is 4.79 Å². The standard InChI is InChI=1S/C11H22N2O3/c1-4-7(3)10(11(15)16)13-9(14)6-8(12)5-2/h7-8,10H,4-6,12H2,1-3H3,(H,13,14)(H,15,16)/t7?,8?,10-/m0/s1. The maximum Gasteiger partial charge on any atom is 0.326 e. The van der Waals surface area contributed by atoms with Crippen molar-refractivity contribution in [3.05, 3.63) is 0 Å². The third kappa shape index (κ3) is 5.11. The topological polar surface area (TPSA) is 92.4 Å². The van der Waals surface area contributed by atoms with E-state index >= 15 is 0 Å². The summed E-state index contributed by atoms with van der Waals surface area (Å²) in [6, 6.07) is -1.02. The van der Waals surface area contributed by atoms with Crippen molar-refractivity contribution in [2.24, 2.45) is 11.7 Å². The minimum atomic E-state index is -0.993. The zero-order valence-corrected chi connectivity index (χ0v) is 10.2. The van der Waals surface area contributed by atoms with Crippen LogP contribution in [0.3, 0.4) is 0 Å². The first-order valence-electron chi connectivity index (χ1n) is 5.70. The molecule has 0 spiro atoms. The number of carbonyl (C=O) groups is 2. The van der Waals surface area contributed by atoms with Crippen molar-refractivity contribution >= 4 is 11.9 Å². The Hall–Kier alpha value is -1.10. The highest BCUT2D eigenvalue weighted by molar-refractivity contribution is 5.84. The van der Waals surface area contributed by atoms with Gasteiger partial charge in [-0.1, -0.05) is 27.2 Å². The lowest BCUT2D eigenvalue weighted by molar-refractivity contribution is -0.143. The van der Waals surface area contributed by atoms with Crippen molar-refractivity contribution in [2.75, 3.05) is 0 Å². The highest BCUT2D eigenvalue weighted by atomic mass is 16.4. The summed E-state index contributed by atoms with van der Waals surface area (Å²) in [6.07, 6.45) is 1.59. The molecule has 2 unspecified atom stereocenters. The summed E-state index contributed by atoms with van der Waals surface area (Å²) in [6.45, 7) is 5.59. The lowest BCUT2D eigenvalue weighted by Gasteiger charge is -2.20. The molecule has 5 nitrogen and oxygen atoms in total. The van der Waals surface area contributed by atoms with Crippen molar-refractivity contribution in [3.8, 4) is 0 Å². The number of nitrogens with one attached hydrogen (secondary N) is 1. The Balaban J connectivity index is 4.30. The van der Waals surface area contributed by atoms with Crippen LogP contribution in [0.25, 0.3) is 0 Å². The van der Waals surface area contributed by atoms with Crippen LogP contribution in [0.2, 0.25) is 0 Å². The molecule has 0 aromatic rings. The van der Waals surface area contributed by atoms with Crippen molar-refractivity contribution in [2.45, 2.75) is 52.1 Å². The number of hydrogen-bond donors (Lipinski definition) is 3. The fourth-order valence-corrected chi connectivity index (χ4v) is 1.30. The Morgan fingerprint density at radius 2 is 1.88 bits per heavy atom. The van der Waals surface area contributed by atoms with Gasteiger partial charge in [-0.2, -0.15) is 0 Å². The second-order valence-corrected chi connectivity index (χ2v) is 4.14. The van der Waals surface area contributed by atoms with E-state index in [9.17, 15) is 9.59 Å². The molecule has 0 radical (unpaired) electrons. The smallest absolute Gasteiger partial charge is 0.326 e. The molecule has 0 saturated carbocycles. The maximum atomic E-state index is 11.5. The first-order chi connectivity index (χ1) is 7.42. The van der Waals surface area contributed by atoms with E-state index in [1.54, 1.807) is 6.92 Å². The molecule has 0 aliphatic heterocycles. The predicted molar refractivity (Wildman–Crippen MR) is 61.9 cm³/mol. The molecule has 5 heteroatoms. The van der Waals surface area contributed by atoms with E-state index in [0.717, 1.165) is 0 Å². The van der Waals surface area contributed by atoms with Gasteiger partial charge in [-0.05, 0) is 12.3 Å². The lowest BCUT2D eigenvalue weighted by Crippen LogP contribution is -2.46. The van der Waals surface area contributed by atoms with E-state index in [-0.39, 0.29) is 24.3 Å². The van der Waals surface area contributed by atoms with Crippen LogP contribution in [-0.4, -0.2) is 29.1 Å². The number of rotatable bonds is 7. The number of hydrogen-bond acceptors (Lipinski definition) is 3. The summed E-state index contributed by atoms with van der Waals surface area (Å²) in [4.78, 5) is 22.4. The van der Waals surface area contributed by atoms with Crippen LogP contribution >= 0.6 is 0 Å². The molecule has 0 bridgehead atoms. The minimum Gasteiger partial charge on any atom is -0.480 e. The molecular weight excluding hydrogens is 208 g/mol. The van der Waals surface area contributed by atoms with Gasteiger partial charge in [0.2, 0.25) is 5.91 Å². The molecular formula is C11H22N2O3. The Labute approximate surface area is 96.4 Å². The Kier molecular flexibility index (Phi) is 6.72. The molecule has 1 amide bonds. The van der Waals surface area contributed by atoms with Crippen LogP contribution in [0.5, 0.6) is 0 Å². The largest absolute Gasteiger partial charge is 0.480 e. The number of nitrogens with two attached hydrogens (primary N) is 1. The van der Waals surface area contributed by atoms with Crippen molar-refractivity contribution in [1.82, 2.24) is 5.32 Å². The van der Waals surface area contributed by atoms with Crippen LogP contribution in [0, 0.1) is 5.92 Å². The first kappa shape index (κ1) is 14.9. The van der Waals surface area contributed by atoms with Crippen LogP contribution < -0.4 is 11.1 Å². The molecule has 0 rings (SSSR count). The van der Waals surface area contributed by atoms with Gasteiger partial charge in [-0.25, -0.2) is 4.79 Å². The van der Waals surface area contributed by atoms with Crippen molar-refractivity contribution < 1.29 is 14.7 Å². The van der Waals surface area contributed by atoms with Gasteiger partial charge in [0.1, 0.15) is 6.04 Å². The quantitative estimate of drug-likeness (QED) is 0.601. The van der Waals surface area contributed by atoms with Crippen LogP contribution in [0.15, 0.2) is 0 Å². The zero-order valence-electron chi connectivity index (χ0n) is 10.2. The summed E-state index contributed by atoms with van der Waals surface area (Å²) in [5.41, 5.74) is 5.63. The van der Waals surface area contributed by atoms with Gasteiger partial charge < -0.3 is 16.2 Å². The molecule has 0 aliphatic rings. The molecule has 0 heterocycles. The Bertz CT molecular complexity index is 243. The second-order valence-electron chi connectivity index (χ2n) is 4.14. The summed E-state index contributed by atoms with van der Waals surface area (Å²) >= 11 is 0. The Morgan fingerprint density at radius 1 is 1.31 bits per heavy atom. The van der Waals surface area contributed by atoms with E-state index in [0.29, 0.717) is 12.8 Å². The average Bonchev–Trinajstić information content (AvgIpc) is 2.24. The summed E-state index contributed by atoms with van der Waals surface area (Å²) in [5.74, 6) is -1.37. The fourth-order valence-electron chi connectivity index (χ4n) is 1.30. The molecule has 0 aromatic carbocycles. The monoisotopic (exact) mass is 230 g/mol. The minimum absolute atomic E-state index is 0.0840. The van der Waals surface area contributed by atoms with Gasteiger partial charge in [0.15, 0.2) is 0 Å². The molecule has 0 fully saturated rings. The SMILES string of the molecule is CCC(N)CC(=O)N[C@H](C(=O)O)C(C)CC. The van der Waals surface area contributed by atoms with E-state index in [4.69, 9.17) is 10.8 Å². The Morgan fingerprint density at radius 3 is 2.25 bits per heavy atom. The lowest BCUT2D eigenvalue weighted by atomic mass is 9.99. The molecule has 16 heavy (non-hydrogen) atoms. The molecule has 3 atom stereocenters. The predicted octanol–water partition coefficient (Wildman–Crippen LogP) is 0.729. The van der Waals surface area contributed by atoms with Gasteiger partial charge in [-0.15, -0.1) is 0 Å². The van der Waals surface area contributed by atoms with Gasteiger partial charge in [0.25, 0.3) is 0 Å². The van der Waals surface area contributed by atoms with Crippen molar-refractivity contribution in [3.63, 3.8) is 0 Å². The molecule has 0 aliphatic carbocycles. The van der Waals surface area contributed by atoms with Crippen LogP contribution in [-0.2, 0) is 9.59 Å².